The Morgan fingerprint density at radius 3 is 2.33 bits per heavy atom. The molecule has 0 unspecified atom stereocenters. The third-order valence-electron chi connectivity index (χ3n) is 3.02. The fraction of sp³-hybridized carbons (Fsp3) is 0.533. The van der Waals surface area contributed by atoms with Crippen LogP contribution in [0.4, 0.5) is 10.5 Å². The Morgan fingerprint density at radius 2 is 1.76 bits per heavy atom. The molecule has 118 valence electrons. The second-order valence-electron chi connectivity index (χ2n) is 4.85. The smallest absolute Gasteiger partial charge is 0.334 e. The Kier molecular flexibility index (Phi) is 8.03. The van der Waals surface area contributed by atoms with Gasteiger partial charge in [-0.25, -0.2) is 4.79 Å². The number of hydrogen-bond acceptors (Lipinski definition) is 3. The van der Waals surface area contributed by atoms with E-state index in [4.69, 9.17) is 8.85 Å². The molecule has 0 saturated heterocycles. The third-order valence-corrected chi connectivity index (χ3v) is 6.08. The van der Waals surface area contributed by atoms with E-state index >= 15 is 0 Å². The number of carbonyl (C=O) groups is 1. The van der Waals surface area contributed by atoms with Gasteiger partial charge in [-0.1, -0.05) is 18.2 Å². The second-order valence-corrected chi connectivity index (χ2v) is 8.20. The molecule has 0 aliphatic rings. The Morgan fingerprint density at radius 1 is 1.14 bits per heavy atom. The van der Waals surface area contributed by atoms with E-state index < -0.39 is 8.56 Å². The summed E-state index contributed by atoms with van der Waals surface area (Å²) < 4.78 is 11.5. The number of para-hydroxylation sites is 1. The average Bonchev–Trinajstić information content (AvgIpc) is 2.45. The number of anilines is 1. The van der Waals surface area contributed by atoms with Gasteiger partial charge in [0.15, 0.2) is 0 Å². The quantitative estimate of drug-likeness (QED) is 0.543. The van der Waals surface area contributed by atoms with Crippen LogP contribution in [0.5, 0.6) is 0 Å². The van der Waals surface area contributed by atoms with Crippen LogP contribution in [0.3, 0.4) is 0 Å². The van der Waals surface area contributed by atoms with Gasteiger partial charge < -0.3 is 19.5 Å². The summed E-state index contributed by atoms with van der Waals surface area (Å²) in [6.07, 6.45) is 0.852. The van der Waals surface area contributed by atoms with Crippen molar-refractivity contribution in [2.75, 3.05) is 25.1 Å². The molecule has 2 N–H and O–H groups in total. The summed E-state index contributed by atoms with van der Waals surface area (Å²) in [7, 11) is -2.07. The van der Waals surface area contributed by atoms with Gasteiger partial charge >= 0.3 is 14.6 Å². The zero-order valence-corrected chi connectivity index (χ0v) is 14.1. The van der Waals surface area contributed by atoms with Crippen molar-refractivity contribution in [2.45, 2.75) is 32.9 Å². The van der Waals surface area contributed by atoms with Crippen LogP contribution in [0.2, 0.25) is 12.6 Å². The third kappa shape index (κ3) is 7.26. The number of amides is 2. The van der Waals surface area contributed by atoms with Crippen LogP contribution in [0, 0.1) is 0 Å². The first-order chi connectivity index (χ1) is 10.1. The van der Waals surface area contributed by atoms with Gasteiger partial charge in [-0.3, -0.25) is 0 Å². The van der Waals surface area contributed by atoms with Crippen LogP contribution in [0.15, 0.2) is 30.3 Å². The molecule has 1 aromatic carbocycles. The maximum Gasteiger partial charge on any atom is 0.334 e. The summed E-state index contributed by atoms with van der Waals surface area (Å²) in [4.78, 5) is 11.7. The molecule has 6 heteroatoms. The number of benzene rings is 1. The Balaban J connectivity index is 2.25. The van der Waals surface area contributed by atoms with Crippen molar-refractivity contribution in [1.29, 1.82) is 0 Å². The molecular weight excluding hydrogens is 284 g/mol. The molecule has 0 spiro atoms. The topological polar surface area (TPSA) is 59.6 Å². The van der Waals surface area contributed by atoms with Crippen molar-refractivity contribution < 1.29 is 13.6 Å². The fourth-order valence-electron chi connectivity index (χ4n) is 2.10. The first-order valence-electron chi connectivity index (χ1n) is 7.47. The van der Waals surface area contributed by atoms with Gasteiger partial charge in [0.1, 0.15) is 0 Å². The predicted molar refractivity (Wildman–Crippen MR) is 87.8 cm³/mol. The number of urea groups is 1. The summed E-state index contributed by atoms with van der Waals surface area (Å²) in [5, 5.41) is 5.64. The van der Waals surface area contributed by atoms with Crippen LogP contribution in [0.1, 0.15) is 20.3 Å². The first kappa shape index (κ1) is 17.7. The van der Waals surface area contributed by atoms with Crippen molar-refractivity contribution in [2.24, 2.45) is 0 Å². The average molecular weight is 310 g/mol. The van der Waals surface area contributed by atoms with Gasteiger partial charge in [-0.05, 0) is 45.0 Å². The highest BCUT2D eigenvalue weighted by molar-refractivity contribution is 6.66. The number of carbonyl (C=O) groups excluding carboxylic acids is 1. The molecule has 0 atom stereocenters. The molecule has 21 heavy (non-hydrogen) atoms. The Bertz CT molecular complexity index is 409. The zero-order chi connectivity index (χ0) is 15.6. The van der Waals surface area contributed by atoms with Crippen LogP contribution in [-0.4, -0.2) is 34.4 Å². The SMILES string of the molecule is CCO[Si](C)(CCCNC(=O)Nc1ccccc1)OCC. The summed E-state index contributed by atoms with van der Waals surface area (Å²) >= 11 is 0. The highest BCUT2D eigenvalue weighted by Gasteiger charge is 2.29. The van der Waals surface area contributed by atoms with Gasteiger partial charge in [-0.2, -0.15) is 0 Å². The Labute approximate surface area is 128 Å². The van der Waals surface area contributed by atoms with Crippen LogP contribution < -0.4 is 10.6 Å². The normalized spacial score (nSPS) is 11.2. The van der Waals surface area contributed by atoms with E-state index in [-0.39, 0.29) is 6.03 Å². The molecule has 1 rings (SSSR count). The van der Waals surface area contributed by atoms with Crippen molar-refractivity contribution >= 4 is 20.3 Å². The van der Waals surface area contributed by atoms with Gasteiger partial charge in [0.2, 0.25) is 0 Å². The van der Waals surface area contributed by atoms with Gasteiger partial charge in [0.25, 0.3) is 0 Å². The molecule has 5 nitrogen and oxygen atoms in total. The van der Waals surface area contributed by atoms with E-state index in [0.717, 1.165) is 18.2 Å². The predicted octanol–water partition coefficient (Wildman–Crippen LogP) is 3.34. The Hall–Kier alpha value is -1.37. The minimum absolute atomic E-state index is 0.183. The summed E-state index contributed by atoms with van der Waals surface area (Å²) in [5.74, 6) is 0. The lowest BCUT2D eigenvalue weighted by molar-refractivity contribution is 0.188. The van der Waals surface area contributed by atoms with Crippen LogP contribution >= 0.6 is 0 Å². The van der Waals surface area contributed by atoms with E-state index in [1.54, 1.807) is 0 Å². The first-order valence-corrected chi connectivity index (χ1v) is 10.00. The second kappa shape index (κ2) is 9.54. The molecule has 0 aromatic heterocycles. The molecule has 1 aromatic rings. The monoisotopic (exact) mass is 310 g/mol. The molecule has 0 radical (unpaired) electrons. The minimum atomic E-state index is -2.07. The van der Waals surface area contributed by atoms with Gasteiger partial charge in [0.05, 0.1) is 0 Å². The van der Waals surface area contributed by atoms with E-state index in [1.165, 1.54) is 0 Å². The number of rotatable bonds is 9. The maximum atomic E-state index is 11.7. The minimum Gasteiger partial charge on any atom is -0.395 e. The van der Waals surface area contributed by atoms with E-state index in [2.05, 4.69) is 17.2 Å². The molecule has 0 fully saturated rings. The van der Waals surface area contributed by atoms with Crippen molar-refractivity contribution in [3.63, 3.8) is 0 Å². The molecule has 0 aliphatic carbocycles. The lowest BCUT2D eigenvalue weighted by atomic mass is 10.3. The standard InChI is InChI=1S/C15H26N2O3Si/c1-4-19-21(3,20-5-2)13-9-12-16-15(18)17-14-10-7-6-8-11-14/h6-8,10-11H,4-5,9,12-13H2,1-3H3,(H2,16,17,18). The van der Waals surface area contributed by atoms with E-state index in [1.807, 2.05) is 44.2 Å². The molecule has 0 aliphatic heterocycles. The van der Waals surface area contributed by atoms with Crippen molar-refractivity contribution in [3.8, 4) is 0 Å². The van der Waals surface area contributed by atoms with Crippen LogP contribution in [0.25, 0.3) is 0 Å². The lowest BCUT2D eigenvalue weighted by Crippen LogP contribution is -2.39. The number of hydrogen-bond donors (Lipinski definition) is 2. The van der Waals surface area contributed by atoms with E-state index in [0.29, 0.717) is 19.8 Å². The molecule has 0 bridgehead atoms. The van der Waals surface area contributed by atoms with Gasteiger partial charge in [0, 0.05) is 25.4 Å². The van der Waals surface area contributed by atoms with Crippen molar-refractivity contribution in [3.05, 3.63) is 30.3 Å². The lowest BCUT2D eigenvalue weighted by Gasteiger charge is -2.25. The number of nitrogens with one attached hydrogen (secondary N) is 2. The largest absolute Gasteiger partial charge is 0.395 e. The molecule has 0 saturated carbocycles. The maximum absolute atomic E-state index is 11.7. The summed E-state index contributed by atoms with van der Waals surface area (Å²) in [5.41, 5.74) is 0.790. The molecule has 2 amide bonds. The van der Waals surface area contributed by atoms with E-state index in [9.17, 15) is 4.79 Å². The highest BCUT2D eigenvalue weighted by Crippen LogP contribution is 2.15. The molecular formula is C15H26N2O3Si. The summed E-state index contributed by atoms with van der Waals surface area (Å²) in [6, 6.07) is 10.1. The highest BCUT2D eigenvalue weighted by atomic mass is 28.4. The zero-order valence-electron chi connectivity index (χ0n) is 13.1. The van der Waals surface area contributed by atoms with Crippen LogP contribution in [-0.2, 0) is 8.85 Å². The summed E-state index contributed by atoms with van der Waals surface area (Å²) in [6.45, 7) is 7.99. The van der Waals surface area contributed by atoms with Gasteiger partial charge in [-0.15, -0.1) is 0 Å². The van der Waals surface area contributed by atoms with Crippen molar-refractivity contribution in [1.82, 2.24) is 5.32 Å². The fourth-order valence-corrected chi connectivity index (χ4v) is 4.52. The molecule has 0 heterocycles.